The molecule has 0 aliphatic rings. The number of rotatable bonds is 4. The number of aromatic nitrogens is 1. The molecule has 0 amide bonds. The predicted octanol–water partition coefficient (Wildman–Crippen LogP) is 2.49. The average Bonchev–Trinajstić information content (AvgIpc) is 2.69. The Morgan fingerprint density at radius 2 is 2.18 bits per heavy atom. The van der Waals surface area contributed by atoms with E-state index in [9.17, 15) is 9.59 Å². The van der Waals surface area contributed by atoms with Crippen molar-refractivity contribution in [2.45, 2.75) is 19.4 Å². The van der Waals surface area contributed by atoms with Gasteiger partial charge in [0.1, 0.15) is 6.04 Å². The maximum atomic E-state index is 11.2. The second-order valence-electron chi connectivity index (χ2n) is 3.89. The molecule has 88 valence electrons. The second-order valence-corrected chi connectivity index (χ2v) is 3.89. The van der Waals surface area contributed by atoms with Crippen LogP contribution in [0.2, 0.25) is 0 Å². The van der Waals surface area contributed by atoms with E-state index in [2.05, 4.69) is 0 Å². The number of carboxylic acids is 1. The van der Waals surface area contributed by atoms with Crippen LogP contribution in [0.1, 0.15) is 29.7 Å². The van der Waals surface area contributed by atoms with Crippen LogP contribution in [0.4, 0.5) is 0 Å². The van der Waals surface area contributed by atoms with Crippen LogP contribution in [-0.2, 0) is 4.79 Å². The van der Waals surface area contributed by atoms with E-state index in [1.807, 2.05) is 31.2 Å². The van der Waals surface area contributed by atoms with Crippen LogP contribution in [0.3, 0.4) is 0 Å². The van der Waals surface area contributed by atoms with Gasteiger partial charge < -0.3 is 9.67 Å². The number of carbonyl (C=O) groups excluding carboxylic acids is 1. The summed E-state index contributed by atoms with van der Waals surface area (Å²) in [6.07, 6.45) is 2.85. The Balaban J connectivity index is 2.69. The van der Waals surface area contributed by atoms with Gasteiger partial charge in [0.15, 0.2) is 6.29 Å². The topological polar surface area (TPSA) is 59.3 Å². The number of aldehydes is 1. The summed E-state index contributed by atoms with van der Waals surface area (Å²) in [6, 6.07) is 6.69. The van der Waals surface area contributed by atoms with E-state index in [1.165, 1.54) is 0 Å². The lowest BCUT2D eigenvalue weighted by molar-refractivity contribution is -0.140. The number of fused-ring (bicyclic) bond motifs is 1. The Kier molecular flexibility index (Phi) is 2.95. The van der Waals surface area contributed by atoms with E-state index in [0.717, 1.165) is 17.2 Å². The first-order valence-electron chi connectivity index (χ1n) is 5.46. The molecule has 0 aliphatic heterocycles. The van der Waals surface area contributed by atoms with Crippen molar-refractivity contribution in [2.75, 3.05) is 0 Å². The predicted molar refractivity (Wildman–Crippen MR) is 64.3 cm³/mol. The fourth-order valence-electron chi connectivity index (χ4n) is 2.07. The largest absolute Gasteiger partial charge is 0.480 e. The summed E-state index contributed by atoms with van der Waals surface area (Å²) < 4.78 is 1.65. The van der Waals surface area contributed by atoms with Crippen LogP contribution in [0.15, 0.2) is 30.5 Å². The van der Waals surface area contributed by atoms with Gasteiger partial charge in [0.05, 0.1) is 0 Å². The van der Waals surface area contributed by atoms with Crippen LogP contribution in [0, 0.1) is 0 Å². The molecule has 0 unspecified atom stereocenters. The van der Waals surface area contributed by atoms with Crippen LogP contribution < -0.4 is 0 Å². The van der Waals surface area contributed by atoms with E-state index < -0.39 is 12.0 Å². The van der Waals surface area contributed by atoms with Crippen molar-refractivity contribution in [3.63, 3.8) is 0 Å². The first kappa shape index (κ1) is 11.4. The van der Waals surface area contributed by atoms with Gasteiger partial charge in [-0.3, -0.25) is 4.79 Å². The van der Waals surface area contributed by atoms with Crippen molar-refractivity contribution in [2.24, 2.45) is 0 Å². The minimum absolute atomic E-state index is 0.478. The molecular weight excluding hydrogens is 218 g/mol. The van der Waals surface area contributed by atoms with Gasteiger partial charge in [-0.2, -0.15) is 0 Å². The quantitative estimate of drug-likeness (QED) is 0.822. The number of para-hydroxylation sites is 1. The third-order valence-electron chi connectivity index (χ3n) is 2.91. The SMILES string of the molecule is CC[C@H](C(=O)O)n1cc(C=O)c2ccccc21. The summed E-state index contributed by atoms with van der Waals surface area (Å²) in [5.74, 6) is -0.884. The van der Waals surface area contributed by atoms with Gasteiger partial charge in [0.25, 0.3) is 0 Å². The molecule has 0 aliphatic carbocycles. The molecule has 1 aromatic heterocycles. The van der Waals surface area contributed by atoms with Crippen LogP contribution >= 0.6 is 0 Å². The lowest BCUT2D eigenvalue weighted by Crippen LogP contribution is -2.17. The molecule has 4 heteroatoms. The highest BCUT2D eigenvalue weighted by Gasteiger charge is 2.20. The molecule has 17 heavy (non-hydrogen) atoms. The highest BCUT2D eigenvalue weighted by atomic mass is 16.4. The number of aliphatic carboxylic acids is 1. The number of carbonyl (C=O) groups is 2. The lowest BCUT2D eigenvalue weighted by Gasteiger charge is -2.13. The minimum Gasteiger partial charge on any atom is -0.480 e. The van der Waals surface area contributed by atoms with Crippen molar-refractivity contribution < 1.29 is 14.7 Å². The zero-order chi connectivity index (χ0) is 12.4. The van der Waals surface area contributed by atoms with Gasteiger partial charge in [0.2, 0.25) is 0 Å². The monoisotopic (exact) mass is 231 g/mol. The van der Waals surface area contributed by atoms with Crippen LogP contribution in [-0.4, -0.2) is 21.9 Å². The van der Waals surface area contributed by atoms with E-state index in [4.69, 9.17) is 5.11 Å². The number of carboxylic acid groups (broad SMARTS) is 1. The van der Waals surface area contributed by atoms with Crippen molar-refractivity contribution in [1.29, 1.82) is 0 Å². The third kappa shape index (κ3) is 1.82. The standard InChI is InChI=1S/C13H13NO3/c1-2-11(13(16)17)14-7-9(8-15)10-5-3-4-6-12(10)14/h3-8,11H,2H2,1H3,(H,16,17)/t11-/m1/s1. The highest BCUT2D eigenvalue weighted by molar-refractivity contribution is 5.98. The van der Waals surface area contributed by atoms with Gasteiger partial charge in [0, 0.05) is 22.7 Å². The Hall–Kier alpha value is -2.10. The van der Waals surface area contributed by atoms with Crippen molar-refractivity contribution in [3.8, 4) is 0 Å². The van der Waals surface area contributed by atoms with Crippen molar-refractivity contribution in [1.82, 2.24) is 4.57 Å². The van der Waals surface area contributed by atoms with Gasteiger partial charge in [-0.25, -0.2) is 4.79 Å². The zero-order valence-electron chi connectivity index (χ0n) is 9.46. The molecular formula is C13H13NO3. The minimum atomic E-state index is -0.884. The number of nitrogens with zero attached hydrogens (tertiary/aromatic N) is 1. The normalized spacial score (nSPS) is 12.5. The molecule has 0 radical (unpaired) electrons. The zero-order valence-corrected chi connectivity index (χ0v) is 9.46. The fourth-order valence-corrected chi connectivity index (χ4v) is 2.07. The molecule has 0 saturated heterocycles. The molecule has 2 aromatic rings. The number of hydrogen-bond donors (Lipinski definition) is 1. The van der Waals surface area contributed by atoms with Gasteiger partial charge in [-0.1, -0.05) is 25.1 Å². The highest BCUT2D eigenvalue weighted by Crippen LogP contribution is 2.25. The first-order valence-corrected chi connectivity index (χ1v) is 5.46. The molecule has 0 fully saturated rings. The van der Waals surface area contributed by atoms with Crippen LogP contribution in [0.25, 0.3) is 10.9 Å². The van der Waals surface area contributed by atoms with Gasteiger partial charge >= 0.3 is 5.97 Å². The summed E-state index contributed by atoms with van der Waals surface area (Å²) in [5.41, 5.74) is 1.31. The maximum Gasteiger partial charge on any atom is 0.326 e. The second kappa shape index (κ2) is 4.41. The van der Waals surface area contributed by atoms with Crippen molar-refractivity contribution >= 4 is 23.2 Å². The third-order valence-corrected chi connectivity index (χ3v) is 2.91. The molecule has 1 atom stereocenters. The van der Waals surface area contributed by atoms with E-state index in [-0.39, 0.29) is 0 Å². The van der Waals surface area contributed by atoms with Gasteiger partial charge in [-0.15, -0.1) is 0 Å². The lowest BCUT2D eigenvalue weighted by atomic mass is 10.2. The van der Waals surface area contributed by atoms with E-state index >= 15 is 0 Å². The Bertz CT molecular complexity index is 571. The van der Waals surface area contributed by atoms with E-state index in [1.54, 1.807) is 10.8 Å². The van der Waals surface area contributed by atoms with Gasteiger partial charge in [-0.05, 0) is 12.5 Å². The molecule has 4 nitrogen and oxygen atoms in total. The smallest absolute Gasteiger partial charge is 0.326 e. The number of benzene rings is 1. The Morgan fingerprint density at radius 3 is 2.76 bits per heavy atom. The van der Waals surface area contributed by atoms with Crippen molar-refractivity contribution in [3.05, 3.63) is 36.0 Å². The maximum absolute atomic E-state index is 11.2. The van der Waals surface area contributed by atoms with Crippen LogP contribution in [0.5, 0.6) is 0 Å². The fraction of sp³-hybridized carbons (Fsp3) is 0.231. The summed E-state index contributed by atoms with van der Waals surface area (Å²) in [7, 11) is 0. The summed E-state index contributed by atoms with van der Waals surface area (Å²) in [5, 5.41) is 9.95. The molecule has 1 heterocycles. The molecule has 0 saturated carbocycles. The number of hydrogen-bond acceptors (Lipinski definition) is 2. The molecule has 0 bridgehead atoms. The molecule has 0 spiro atoms. The first-order chi connectivity index (χ1) is 8.19. The molecule has 1 N–H and O–H groups in total. The Morgan fingerprint density at radius 1 is 1.47 bits per heavy atom. The Labute approximate surface area is 98.5 Å². The summed E-state index contributed by atoms with van der Waals surface area (Å²) in [6.45, 7) is 1.81. The summed E-state index contributed by atoms with van der Waals surface area (Å²) in [4.78, 5) is 22.1. The molecule has 2 rings (SSSR count). The molecule has 1 aromatic carbocycles. The van der Waals surface area contributed by atoms with E-state index in [0.29, 0.717) is 12.0 Å². The summed E-state index contributed by atoms with van der Waals surface area (Å²) >= 11 is 0. The average molecular weight is 231 g/mol.